The van der Waals surface area contributed by atoms with Gasteiger partial charge in [-0.3, -0.25) is 0 Å². The van der Waals surface area contributed by atoms with E-state index in [9.17, 15) is 22.8 Å². The van der Waals surface area contributed by atoms with E-state index < -0.39 is 29.7 Å². The van der Waals surface area contributed by atoms with Gasteiger partial charge in [0, 0.05) is 22.7 Å². The maximum atomic E-state index is 12.7. The van der Waals surface area contributed by atoms with E-state index in [-0.39, 0.29) is 24.6 Å². The molecular formula is C20H15ClF3N3O5. The van der Waals surface area contributed by atoms with E-state index in [1.165, 1.54) is 19.2 Å². The summed E-state index contributed by atoms with van der Waals surface area (Å²) in [7, 11) is 1.22. The maximum Gasteiger partial charge on any atom is 0.573 e. The topological polar surface area (TPSA) is 89.5 Å². The zero-order chi connectivity index (χ0) is 23.1. The second-order valence-corrected chi connectivity index (χ2v) is 7.36. The summed E-state index contributed by atoms with van der Waals surface area (Å²) in [6.45, 7) is -0.360. The first-order chi connectivity index (χ1) is 15.1. The Morgan fingerprint density at radius 1 is 1.22 bits per heavy atom. The number of fused-ring (bicyclic) bond motifs is 3. The van der Waals surface area contributed by atoms with Crippen LogP contribution in [0.2, 0.25) is 5.02 Å². The van der Waals surface area contributed by atoms with Crippen LogP contribution in [-0.2, 0) is 20.7 Å². The molecule has 32 heavy (non-hydrogen) atoms. The molecule has 1 aliphatic heterocycles. The zero-order valence-electron chi connectivity index (χ0n) is 16.4. The Bertz CT molecular complexity index is 1110. The second-order valence-electron chi connectivity index (χ2n) is 6.92. The first-order valence-electron chi connectivity index (χ1n) is 9.16. The summed E-state index contributed by atoms with van der Waals surface area (Å²) in [5.74, 6) is -1.09. The number of methoxy groups -OCH3 is 1. The van der Waals surface area contributed by atoms with Crippen molar-refractivity contribution in [2.45, 2.75) is 18.4 Å². The third-order valence-electron chi connectivity index (χ3n) is 4.89. The van der Waals surface area contributed by atoms with Crippen LogP contribution in [0.1, 0.15) is 11.1 Å². The zero-order valence-corrected chi connectivity index (χ0v) is 17.2. The van der Waals surface area contributed by atoms with Gasteiger partial charge in [-0.05, 0) is 42.0 Å². The number of nitrogens with zero attached hydrogens (tertiary/aromatic N) is 2. The first-order valence-corrected chi connectivity index (χ1v) is 9.54. The van der Waals surface area contributed by atoms with Crippen molar-refractivity contribution in [1.29, 1.82) is 0 Å². The first kappa shape index (κ1) is 21.9. The van der Waals surface area contributed by atoms with E-state index in [2.05, 4.69) is 15.2 Å². The number of halogens is 4. The molecule has 2 amide bonds. The van der Waals surface area contributed by atoms with Gasteiger partial charge in [-0.1, -0.05) is 17.7 Å². The van der Waals surface area contributed by atoms with Crippen molar-refractivity contribution < 1.29 is 37.0 Å². The van der Waals surface area contributed by atoms with Gasteiger partial charge in [0.2, 0.25) is 5.60 Å². The summed E-state index contributed by atoms with van der Waals surface area (Å²) in [5.41, 5.74) is 0.198. The molecule has 1 unspecified atom stereocenters. The quantitative estimate of drug-likeness (QED) is 0.688. The SMILES string of the molecule is COC(=O)C12Cc3cc(Cl)ccc3C1=NN(C(=O)Nc1ccc(OC(F)(F)F)cc1)CO2. The Kier molecular flexibility index (Phi) is 5.47. The number of benzene rings is 2. The summed E-state index contributed by atoms with van der Waals surface area (Å²) < 4.78 is 51.3. The number of carbonyl (C=O) groups is 2. The van der Waals surface area contributed by atoms with Crippen LogP contribution in [0.4, 0.5) is 23.7 Å². The average Bonchev–Trinajstić information content (AvgIpc) is 3.07. The number of ether oxygens (including phenoxy) is 3. The van der Waals surface area contributed by atoms with Gasteiger partial charge in [0.1, 0.15) is 18.2 Å². The Balaban J connectivity index is 1.57. The van der Waals surface area contributed by atoms with Gasteiger partial charge in [0.05, 0.1) is 7.11 Å². The minimum Gasteiger partial charge on any atom is -0.467 e. The number of nitrogens with one attached hydrogen (secondary N) is 1. The van der Waals surface area contributed by atoms with Crippen LogP contribution in [0.15, 0.2) is 47.6 Å². The minimum atomic E-state index is -4.82. The monoisotopic (exact) mass is 469 g/mol. The summed E-state index contributed by atoms with van der Waals surface area (Å²) in [6, 6.07) is 8.85. The van der Waals surface area contributed by atoms with E-state index >= 15 is 0 Å². The fraction of sp³-hybridized carbons (Fsp3) is 0.250. The molecule has 8 nitrogen and oxygen atoms in total. The molecule has 4 rings (SSSR count). The lowest BCUT2D eigenvalue weighted by Crippen LogP contribution is -2.55. The third kappa shape index (κ3) is 4.08. The molecule has 1 atom stereocenters. The number of hydrogen-bond acceptors (Lipinski definition) is 6. The van der Waals surface area contributed by atoms with Gasteiger partial charge in [0.15, 0.2) is 0 Å². The van der Waals surface area contributed by atoms with Crippen LogP contribution in [-0.4, -0.2) is 48.5 Å². The highest BCUT2D eigenvalue weighted by Crippen LogP contribution is 2.38. The van der Waals surface area contributed by atoms with E-state index in [4.69, 9.17) is 21.1 Å². The number of esters is 1. The van der Waals surface area contributed by atoms with Gasteiger partial charge < -0.3 is 19.5 Å². The Hall–Kier alpha value is -3.31. The minimum absolute atomic E-state index is 0.143. The molecule has 12 heteroatoms. The number of alkyl halides is 3. The lowest BCUT2D eigenvalue weighted by atomic mass is 9.97. The molecule has 0 saturated heterocycles. The maximum absolute atomic E-state index is 12.7. The predicted octanol–water partition coefficient (Wildman–Crippen LogP) is 3.93. The van der Waals surface area contributed by atoms with Crippen molar-refractivity contribution in [3.63, 3.8) is 0 Å². The van der Waals surface area contributed by atoms with Crippen LogP contribution < -0.4 is 10.1 Å². The van der Waals surface area contributed by atoms with Gasteiger partial charge >= 0.3 is 18.4 Å². The van der Waals surface area contributed by atoms with Gasteiger partial charge in [0.25, 0.3) is 0 Å². The van der Waals surface area contributed by atoms with E-state index in [0.717, 1.165) is 17.1 Å². The molecule has 1 aliphatic carbocycles. The molecule has 1 N–H and O–H groups in total. The van der Waals surface area contributed by atoms with Crippen LogP contribution in [0.5, 0.6) is 5.75 Å². The summed E-state index contributed by atoms with van der Waals surface area (Å²) >= 11 is 6.05. The van der Waals surface area contributed by atoms with Crippen molar-refractivity contribution in [2.75, 3.05) is 19.2 Å². The molecule has 0 fully saturated rings. The van der Waals surface area contributed by atoms with E-state index in [1.807, 2.05) is 0 Å². The number of rotatable bonds is 3. The second kappa shape index (κ2) is 7.99. The molecule has 168 valence electrons. The summed E-state index contributed by atoms with van der Waals surface area (Å²) in [4.78, 5) is 25.2. The Morgan fingerprint density at radius 2 is 1.94 bits per heavy atom. The van der Waals surface area contributed by atoms with Gasteiger partial charge in [-0.15, -0.1) is 13.2 Å². The van der Waals surface area contributed by atoms with Crippen LogP contribution in [0, 0.1) is 0 Å². The lowest BCUT2D eigenvalue weighted by Gasteiger charge is -2.34. The smallest absolute Gasteiger partial charge is 0.467 e. The molecular weight excluding hydrogens is 455 g/mol. The summed E-state index contributed by atoms with van der Waals surface area (Å²) in [5, 5.41) is 8.24. The number of carbonyl (C=O) groups excluding carboxylic acids is 2. The number of anilines is 1. The summed E-state index contributed by atoms with van der Waals surface area (Å²) in [6.07, 6.45) is -4.68. The van der Waals surface area contributed by atoms with Crippen LogP contribution in [0.25, 0.3) is 0 Å². The number of hydrogen-bond donors (Lipinski definition) is 1. The molecule has 0 spiro atoms. The molecule has 2 aromatic carbocycles. The van der Waals surface area contributed by atoms with Crippen molar-refractivity contribution in [3.8, 4) is 5.75 Å². The molecule has 0 aromatic heterocycles. The Morgan fingerprint density at radius 3 is 2.59 bits per heavy atom. The number of urea groups is 1. The highest BCUT2D eigenvalue weighted by Gasteiger charge is 2.55. The van der Waals surface area contributed by atoms with Crippen LogP contribution in [0.3, 0.4) is 0 Å². The standard InChI is InChI=1S/C20H15ClF3N3O5/c1-30-17(28)19-9-11-8-12(21)2-7-15(11)16(19)26-27(10-31-19)18(29)25-13-3-5-14(6-4-13)32-20(22,23)24/h2-8H,9-10H2,1H3,(H,25,29). The van der Waals surface area contributed by atoms with Crippen LogP contribution >= 0.6 is 11.6 Å². The molecule has 0 bridgehead atoms. The van der Waals surface area contributed by atoms with Crippen molar-refractivity contribution in [1.82, 2.24) is 5.01 Å². The van der Waals surface area contributed by atoms with Gasteiger partial charge in [-0.25, -0.2) is 9.59 Å². The highest BCUT2D eigenvalue weighted by molar-refractivity contribution is 6.31. The fourth-order valence-electron chi connectivity index (χ4n) is 3.51. The lowest BCUT2D eigenvalue weighted by molar-refractivity contribution is -0.274. The van der Waals surface area contributed by atoms with Crippen molar-refractivity contribution in [3.05, 3.63) is 58.6 Å². The Labute approximate surface area is 184 Å². The van der Waals surface area contributed by atoms with Crippen molar-refractivity contribution in [2.24, 2.45) is 5.10 Å². The highest BCUT2D eigenvalue weighted by atomic mass is 35.5. The van der Waals surface area contributed by atoms with E-state index in [0.29, 0.717) is 16.1 Å². The number of hydrazone groups is 1. The largest absolute Gasteiger partial charge is 0.573 e. The molecule has 0 saturated carbocycles. The van der Waals surface area contributed by atoms with Crippen molar-refractivity contribution >= 4 is 35.0 Å². The molecule has 2 aromatic rings. The predicted molar refractivity (Wildman–Crippen MR) is 106 cm³/mol. The molecule has 0 radical (unpaired) electrons. The average molecular weight is 470 g/mol. The third-order valence-corrected chi connectivity index (χ3v) is 5.12. The van der Waals surface area contributed by atoms with Gasteiger partial charge in [-0.2, -0.15) is 10.1 Å². The molecule has 1 heterocycles. The normalized spacial score (nSPS) is 19.5. The molecule has 2 aliphatic rings. The fourth-order valence-corrected chi connectivity index (χ4v) is 3.70. The number of amides is 2. The van der Waals surface area contributed by atoms with E-state index in [1.54, 1.807) is 18.2 Å².